The van der Waals surface area contributed by atoms with Crippen LogP contribution in [0, 0.1) is 6.92 Å². The zero-order valence-corrected chi connectivity index (χ0v) is 12.3. The molecular weight excluding hydrogens is 240 g/mol. The summed E-state index contributed by atoms with van der Waals surface area (Å²) in [6.45, 7) is 11.5. The number of piperazine rings is 1. The van der Waals surface area contributed by atoms with E-state index in [1.165, 1.54) is 0 Å². The largest absolute Gasteiger partial charge is 0.394 e. The smallest absolute Gasteiger partial charge is 0.148 e. The Morgan fingerprint density at radius 1 is 1.26 bits per heavy atom. The molecule has 1 fully saturated rings. The van der Waals surface area contributed by atoms with Gasteiger partial charge in [0.2, 0.25) is 0 Å². The van der Waals surface area contributed by atoms with Crippen LogP contribution in [0.4, 0.5) is 11.5 Å². The minimum absolute atomic E-state index is 0.778. The number of aromatic nitrogens is 2. The number of hydrogen-bond acceptors (Lipinski definition) is 5. The van der Waals surface area contributed by atoms with Crippen molar-refractivity contribution in [2.45, 2.75) is 20.4 Å². The number of rotatable bonds is 5. The van der Waals surface area contributed by atoms with Gasteiger partial charge in [-0.3, -0.25) is 4.90 Å². The second kappa shape index (κ2) is 6.25. The van der Waals surface area contributed by atoms with E-state index in [1.54, 1.807) is 0 Å². The quantitative estimate of drug-likeness (QED) is 0.810. The van der Waals surface area contributed by atoms with Gasteiger partial charge in [-0.1, -0.05) is 0 Å². The third-order valence-electron chi connectivity index (χ3n) is 3.79. The Labute approximate surface area is 115 Å². The molecule has 0 atom stereocenters. The van der Waals surface area contributed by atoms with E-state index in [-0.39, 0.29) is 0 Å². The molecule has 19 heavy (non-hydrogen) atoms. The first-order valence-corrected chi connectivity index (χ1v) is 7.09. The Morgan fingerprint density at radius 3 is 2.58 bits per heavy atom. The number of hydrogen-bond donors (Lipinski definition) is 2. The average Bonchev–Trinajstić information content (AvgIpc) is 2.68. The monoisotopic (exact) mass is 266 g/mol. The van der Waals surface area contributed by atoms with Crippen molar-refractivity contribution in [3.05, 3.63) is 5.69 Å². The van der Waals surface area contributed by atoms with Crippen LogP contribution >= 0.6 is 0 Å². The van der Waals surface area contributed by atoms with Crippen molar-refractivity contribution in [2.75, 3.05) is 57.4 Å². The van der Waals surface area contributed by atoms with Crippen molar-refractivity contribution in [3.8, 4) is 0 Å². The summed E-state index contributed by atoms with van der Waals surface area (Å²) < 4.78 is 1.94. The van der Waals surface area contributed by atoms with E-state index in [0.29, 0.717) is 0 Å². The lowest BCUT2D eigenvalue weighted by Crippen LogP contribution is -2.45. The van der Waals surface area contributed by atoms with E-state index in [4.69, 9.17) is 5.73 Å². The number of aryl methyl sites for hydroxylation is 2. The van der Waals surface area contributed by atoms with Crippen LogP contribution in [0.25, 0.3) is 0 Å². The summed E-state index contributed by atoms with van der Waals surface area (Å²) in [4.78, 5) is 4.86. The molecule has 1 aliphatic heterocycles. The Morgan fingerprint density at radius 2 is 1.95 bits per heavy atom. The van der Waals surface area contributed by atoms with Gasteiger partial charge in [-0.15, -0.1) is 0 Å². The van der Waals surface area contributed by atoms with E-state index < -0.39 is 0 Å². The Kier molecular flexibility index (Phi) is 4.66. The summed E-state index contributed by atoms with van der Waals surface area (Å²) in [6, 6.07) is 0. The van der Waals surface area contributed by atoms with Crippen molar-refractivity contribution < 1.29 is 0 Å². The predicted octanol–water partition coefficient (Wildman–Crippen LogP) is 0.453. The number of nitrogens with zero attached hydrogens (tertiary/aromatic N) is 4. The van der Waals surface area contributed by atoms with E-state index in [1.807, 2.05) is 11.6 Å². The molecule has 1 aliphatic rings. The Bertz CT molecular complexity index is 406. The highest BCUT2D eigenvalue weighted by Crippen LogP contribution is 2.21. The average molecular weight is 266 g/mol. The Balaban J connectivity index is 1.82. The van der Waals surface area contributed by atoms with Crippen LogP contribution in [0.15, 0.2) is 0 Å². The summed E-state index contributed by atoms with van der Waals surface area (Å²) in [5.41, 5.74) is 7.73. The molecule has 0 saturated carbocycles. The first kappa shape index (κ1) is 14.1. The molecule has 3 N–H and O–H groups in total. The molecule has 2 rings (SSSR count). The van der Waals surface area contributed by atoms with Crippen molar-refractivity contribution >= 4 is 11.5 Å². The van der Waals surface area contributed by atoms with E-state index in [0.717, 1.165) is 63.0 Å². The molecule has 0 bridgehead atoms. The molecule has 2 heterocycles. The molecule has 1 saturated heterocycles. The summed E-state index contributed by atoms with van der Waals surface area (Å²) >= 11 is 0. The molecule has 0 amide bonds. The van der Waals surface area contributed by atoms with Crippen LogP contribution in [-0.2, 0) is 6.54 Å². The van der Waals surface area contributed by atoms with Crippen molar-refractivity contribution in [2.24, 2.45) is 0 Å². The molecule has 108 valence electrons. The fraction of sp³-hybridized carbons (Fsp3) is 0.769. The summed E-state index contributed by atoms with van der Waals surface area (Å²) in [7, 11) is 2.18. The van der Waals surface area contributed by atoms with Crippen LogP contribution in [0.5, 0.6) is 0 Å². The van der Waals surface area contributed by atoms with Gasteiger partial charge in [0, 0.05) is 45.8 Å². The maximum atomic E-state index is 6.05. The van der Waals surface area contributed by atoms with Crippen LogP contribution in [0.1, 0.15) is 12.6 Å². The fourth-order valence-corrected chi connectivity index (χ4v) is 2.41. The van der Waals surface area contributed by atoms with Gasteiger partial charge in [0.25, 0.3) is 0 Å². The normalized spacial score (nSPS) is 17.8. The highest BCUT2D eigenvalue weighted by atomic mass is 15.3. The van der Waals surface area contributed by atoms with Crippen LogP contribution in [-0.4, -0.2) is 65.9 Å². The molecule has 0 unspecified atom stereocenters. The highest BCUT2D eigenvalue weighted by Gasteiger charge is 2.14. The lowest BCUT2D eigenvalue weighted by Gasteiger charge is -2.32. The first-order valence-electron chi connectivity index (χ1n) is 7.09. The van der Waals surface area contributed by atoms with Gasteiger partial charge in [-0.05, 0) is 20.9 Å². The fourth-order valence-electron chi connectivity index (χ4n) is 2.41. The minimum atomic E-state index is 0.778. The van der Waals surface area contributed by atoms with Gasteiger partial charge in [0.1, 0.15) is 5.82 Å². The second-order valence-corrected chi connectivity index (χ2v) is 5.24. The number of nitrogen functional groups attached to an aromatic ring is 1. The number of likely N-dealkylation sites (N-methyl/N-ethyl adjacent to an activating group) is 1. The molecule has 0 spiro atoms. The minimum Gasteiger partial charge on any atom is -0.394 e. The zero-order chi connectivity index (χ0) is 13.8. The topological polar surface area (TPSA) is 62.4 Å². The Hall–Kier alpha value is -1.27. The first-order chi connectivity index (χ1) is 9.11. The number of nitrogens with two attached hydrogens (primary N) is 1. The third-order valence-corrected chi connectivity index (χ3v) is 3.79. The van der Waals surface area contributed by atoms with Gasteiger partial charge in [-0.2, -0.15) is 5.10 Å². The van der Waals surface area contributed by atoms with Crippen molar-refractivity contribution in [1.82, 2.24) is 19.6 Å². The third kappa shape index (κ3) is 3.39. The molecule has 1 aromatic rings. The highest BCUT2D eigenvalue weighted by molar-refractivity contribution is 5.64. The molecule has 0 radical (unpaired) electrons. The lowest BCUT2D eigenvalue weighted by atomic mass is 10.3. The summed E-state index contributed by atoms with van der Waals surface area (Å²) in [5.74, 6) is 0.967. The van der Waals surface area contributed by atoms with E-state index in [2.05, 4.69) is 34.2 Å². The molecule has 0 aromatic carbocycles. The van der Waals surface area contributed by atoms with E-state index in [9.17, 15) is 0 Å². The van der Waals surface area contributed by atoms with E-state index >= 15 is 0 Å². The maximum Gasteiger partial charge on any atom is 0.148 e. The molecule has 1 aromatic heterocycles. The maximum absolute atomic E-state index is 6.05. The molecular formula is C13H26N6. The van der Waals surface area contributed by atoms with Crippen LogP contribution in [0.3, 0.4) is 0 Å². The van der Waals surface area contributed by atoms with Gasteiger partial charge in [-0.25, -0.2) is 4.68 Å². The summed E-state index contributed by atoms with van der Waals surface area (Å²) in [6.07, 6.45) is 0. The van der Waals surface area contributed by atoms with Crippen LogP contribution < -0.4 is 11.1 Å². The second-order valence-electron chi connectivity index (χ2n) is 5.24. The SMILES string of the molecule is CCn1nc(C)c(N)c1NCCN1CCN(C)CC1. The molecule has 0 aliphatic carbocycles. The van der Waals surface area contributed by atoms with Crippen molar-refractivity contribution in [1.29, 1.82) is 0 Å². The van der Waals surface area contributed by atoms with Gasteiger partial charge in [0.05, 0.1) is 11.4 Å². The zero-order valence-electron chi connectivity index (χ0n) is 12.3. The van der Waals surface area contributed by atoms with Gasteiger partial charge >= 0.3 is 0 Å². The lowest BCUT2D eigenvalue weighted by molar-refractivity contribution is 0.158. The molecule has 6 heteroatoms. The number of nitrogens with one attached hydrogen (secondary N) is 1. The summed E-state index contributed by atoms with van der Waals surface area (Å²) in [5, 5.41) is 7.84. The number of anilines is 2. The molecule has 6 nitrogen and oxygen atoms in total. The van der Waals surface area contributed by atoms with Crippen LogP contribution in [0.2, 0.25) is 0 Å². The van der Waals surface area contributed by atoms with Gasteiger partial charge < -0.3 is 16.0 Å². The van der Waals surface area contributed by atoms with Gasteiger partial charge in [0.15, 0.2) is 0 Å². The van der Waals surface area contributed by atoms with Crippen molar-refractivity contribution in [3.63, 3.8) is 0 Å². The standard InChI is InChI=1S/C13H26N6/c1-4-19-13(12(14)11(2)16-19)15-5-6-18-9-7-17(3)8-10-18/h15H,4-10,14H2,1-3H3. The predicted molar refractivity (Wildman–Crippen MR) is 79.5 cm³/mol.